The lowest BCUT2D eigenvalue weighted by molar-refractivity contribution is -0.116. The number of halogens is 1. The molecule has 0 bridgehead atoms. The minimum absolute atomic E-state index is 0.127. The number of rotatable bonds is 4. The molecule has 0 saturated heterocycles. The van der Waals surface area contributed by atoms with E-state index in [0.717, 1.165) is 22.2 Å². The number of benzene rings is 2. The van der Waals surface area contributed by atoms with Crippen LogP contribution in [0.5, 0.6) is 0 Å². The van der Waals surface area contributed by atoms with Crippen LogP contribution in [0.2, 0.25) is 0 Å². The normalized spacial score (nSPS) is 11.0. The first-order chi connectivity index (χ1) is 12.8. The molecule has 0 saturated carbocycles. The van der Waals surface area contributed by atoms with Gasteiger partial charge in [-0.3, -0.25) is 9.59 Å². The molecular weight excluding hydrogens is 345 g/mol. The number of fused-ring (bicyclic) bond motifs is 1. The molecule has 6 heteroatoms. The zero-order valence-corrected chi connectivity index (χ0v) is 15.9. The van der Waals surface area contributed by atoms with Crippen LogP contribution >= 0.6 is 0 Å². The van der Waals surface area contributed by atoms with Gasteiger partial charge in [0.15, 0.2) is 0 Å². The molecule has 0 aliphatic heterocycles. The van der Waals surface area contributed by atoms with Crippen molar-refractivity contribution >= 4 is 22.6 Å². The van der Waals surface area contributed by atoms with Crippen molar-refractivity contribution < 1.29 is 9.18 Å². The second kappa shape index (κ2) is 7.31. The van der Waals surface area contributed by atoms with Crippen molar-refractivity contribution in [1.29, 1.82) is 0 Å². The van der Waals surface area contributed by atoms with Crippen LogP contribution in [0.3, 0.4) is 0 Å². The molecule has 0 fully saturated rings. The maximum absolute atomic E-state index is 13.2. The van der Waals surface area contributed by atoms with E-state index in [1.54, 1.807) is 18.4 Å². The van der Waals surface area contributed by atoms with Crippen molar-refractivity contribution in [2.45, 2.75) is 40.7 Å². The number of nitrogens with zero attached hydrogens (tertiary/aromatic N) is 2. The van der Waals surface area contributed by atoms with Gasteiger partial charge in [0.1, 0.15) is 11.5 Å². The van der Waals surface area contributed by atoms with E-state index < -0.39 is 0 Å². The van der Waals surface area contributed by atoms with Gasteiger partial charge in [0.05, 0.1) is 11.0 Å². The number of aryl methyl sites for hydroxylation is 5. The summed E-state index contributed by atoms with van der Waals surface area (Å²) in [6, 6.07) is 8.09. The van der Waals surface area contributed by atoms with Crippen LogP contribution in [0.1, 0.15) is 28.8 Å². The first kappa shape index (κ1) is 18.8. The van der Waals surface area contributed by atoms with Crippen LogP contribution in [0, 0.1) is 33.5 Å². The van der Waals surface area contributed by atoms with Gasteiger partial charge in [-0.2, -0.15) is 0 Å². The predicted octanol–water partition coefficient (Wildman–Crippen LogP) is 3.80. The van der Waals surface area contributed by atoms with Crippen LogP contribution in [-0.4, -0.2) is 15.5 Å². The Balaban J connectivity index is 1.86. The lowest BCUT2D eigenvalue weighted by Crippen LogP contribution is -2.26. The van der Waals surface area contributed by atoms with Gasteiger partial charge in [0.2, 0.25) is 5.91 Å². The third kappa shape index (κ3) is 3.89. The van der Waals surface area contributed by atoms with Gasteiger partial charge < -0.3 is 9.88 Å². The van der Waals surface area contributed by atoms with Gasteiger partial charge in [-0.05, 0) is 74.7 Å². The third-order valence-electron chi connectivity index (χ3n) is 4.75. The van der Waals surface area contributed by atoms with Crippen LogP contribution in [-0.2, 0) is 11.3 Å². The topological polar surface area (TPSA) is 64.0 Å². The summed E-state index contributed by atoms with van der Waals surface area (Å²) in [4.78, 5) is 29.3. The van der Waals surface area contributed by atoms with Crippen molar-refractivity contribution in [2.75, 3.05) is 5.32 Å². The zero-order chi connectivity index (χ0) is 19.7. The summed E-state index contributed by atoms with van der Waals surface area (Å²) in [5.41, 5.74) is 5.05. The van der Waals surface area contributed by atoms with E-state index in [2.05, 4.69) is 10.3 Å². The third-order valence-corrected chi connectivity index (χ3v) is 4.75. The Morgan fingerprint density at radius 3 is 2.48 bits per heavy atom. The Morgan fingerprint density at radius 1 is 1.07 bits per heavy atom. The summed E-state index contributed by atoms with van der Waals surface area (Å²) in [5.74, 6) is -0.579. The fourth-order valence-corrected chi connectivity index (χ4v) is 3.04. The lowest BCUT2D eigenvalue weighted by Gasteiger charge is -2.13. The summed E-state index contributed by atoms with van der Waals surface area (Å²) in [7, 11) is 0. The van der Waals surface area contributed by atoms with Crippen molar-refractivity contribution in [3.63, 3.8) is 0 Å². The Morgan fingerprint density at radius 2 is 1.78 bits per heavy atom. The molecule has 0 aliphatic rings. The second-order valence-corrected chi connectivity index (χ2v) is 6.84. The molecule has 3 aromatic rings. The van der Waals surface area contributed by atoms with Crippen LogP contribution < -0.4 is 10.9 Å². The zero-order valence-electron chi connectivity index (χ0n) is 15.9. The number of nitrogens with one attached hydrogen (secondary N) is 1. The van der Waals surface area contributed by atoms with Crippen molar-refractivity contribution in [1.82, 2.24) is 9.55 Å². The Kier molecular flexibility index (Phi) is 5.08. The van der Waals surface area contributed by atoms with Crippen LogP contribution in [0.25, 0.3) is 11.0 Å². The smallest absolute Gasteiger partial charge is 0.272 e. The summed E-state index contributed by atoms with van der Waals surface area (Å²) in [5, 5.41) is 2.77. The molecule has 1 aromatic heterocycles. The Hall–Kier alpha value is -3.02. The number of hydrogen-bond acceptors (Lipinski definition) is 3. The first-order valence-electron chi connectivity index (χ1n) is 8.80. The van der Waals surface area contributed by atoms with E-state index in [9.17, 15) is 14.0 Å². The summed E-state index contributed by atoms with van der Waals surface area (Å²) in [6.45, 7) is 7.63. The van der Waals surface area contributed by atoms with Gasteiger partial charge in [-0.15, -0.1) is 0 Å². The molecule has 27 heavy (non-hydrogen) atoms. The maximum atomic E-state index is 13.2. The van der Waals surface area contributed by atoms with E-state index in [0.29, 0.717) is 16.9 Å². The summed E-state index contributed by atoms with van der Waals surface area (Å²) >= 11 is 0. The van der Waals surface area contributed by atoms with Crippen molar-refractivity contribution in [2.24, 2.45) is 0 Å². The fourth-order valence-electron chi connectivity index (χ4n) is 3.04. The summed E-state index contributed by atoms with van der Waals surface area (Å²) < 4.78 is 14.8. The molecule has 1 N–H and O–H groups in total. The van der Waals surface area contributed by atoms with E-state index in [4.69, 9.17) is 0 Å². The monoisotopic (exact) mass is 367 g/mol. The minimum atomic E-state index is -0.346. The lowest BCUT2D eigenvalue weighted by atomic mass is 10.1. The molecule has 0 aliphatic carbocycles. The van der Waals surface area contributed by atoms with E-state index in [1.165, 1.54) is 18.2 Å². The highest BCUT2D eigenvalue weighted by atomic mass is 19.1. The van der Waals surface area contributed by atoms with E-state index >= 15 is 0 Å². The highest BCUT2D eigenvalue weighted by Crippen LogP contribution is 2.18. The van der Waals surface area contributed by atoms with Gasteiger partial charge in [-0.1, -0.05) is 0 Å². The standard InChI is InChI=1S/C21H22FN3O2/c1-12-10-18-19(11-13(12)2)25(21(27)15(4)23-18)8-7-20(26)24-17-6-5-16(22)9-14(17)3/h5-6,9-11H,7-8H2,1-4H3,(H,24,26). The molecule has 0 spiro atoms. The molecule has 2 aromatic carbocycles. The molecule has 0 radical (unpaired) electrons. The van der Waals surface area contributed by atoms with Crippen molar-refractivity contribution in [3.05, 3.63) is 68.9 Å². The number of anilines is 1. The van der Waals surface area contributed by atoms with E-state index in [-0.39, 0.29) is 30.2 Å². The molecule has 0 unspecified atom stereocenters. The minimum Gasteiger partial charge on any atom is -0.326 e. The highest BCUT2D eigenvalue weighted by Gasteiger charge is 2.12. The van der Waals surface area contributed by atoms with Gasteiger partial charge in [-0.25, -0.2) is 9.37 Å². The summed E-state index contributed by atoms with van der Waals surface area (Å²) in [6.07, 6.45) is 0.127. The molecule has 0 atom stereocenters. The number of amides is 1. The molecule has 1 heterocycles. The highest BCUT2D eigenvalue weighted by molar-refractivity contribution is 5.91. The van der Waals surface area contributed by atoms with Gasteiger partial charge >= 0.3 is 0 Å². The first-order valence-corrected chi connectivity index (χ1v) is 8.80. The SMILES string of the molecule is Cc1cc2nc(C)c(=O)n(CCC(=O)Nc3ccc(F)cc3C)c2cc1C. The second-order valence-electron chi connectivity index (χ2n) is 6.84. The van der Waals surface area contributed by atoms with Gasteiger partial charge in [0.25, 0.3) is 5.56 Å². The molecule has 1 amide bonds. The average Bonchev–Trinajstić information content (AvgIpc) is 2.60. The van der Waals surface area contributed by atoms with Crippen molar-refractivity contribution in [3.8, 4) is 0 Å². The maximum Gasteiger partial charge on any atom is 0.272 e. The molecular formula is C21H22FN3O2. The number of hydrogen-bond donors (Lipinski definition) is 1. The number of carbonyl (C=O) groups is 1. The van der Waals surface area contributed by atoms with E-state index in [1.807, 2.05) is 26.0 Å². The Labute approximate surface area is 156 Å². The largest absolute Gasteiger partial charge is 0.326 e. The van der Waals surface area contributed by atoms with Gasteiger partial charge in [0, 0.05) is 18.7 Å². The average molecular weight is 367 g/mol. The van der Waals surface area contributed by atoms with Crippen LogP contribution in [0.4, 0.5) is 10.1 Å². The molecule has 5 nitrogen and oxygen atoms in total. The molecule has 140 valence electrons. The quantitative estimate of drug-likeness (QED) is 0.763. The fraction of sp³-hybridized carbons (Fsp3) is 0.286. The molecule has 3 rings (SSSR count). The predicted molar refractivity (Wildman–Crippen MR) is 105 cm³/mol. The number of carbonyl (C=O) groups excluding carboxylic acids is 1. The van der Waals surface area contributed by atoms with Crippen LogP contribution in [0.15, 0.2) is 35.1 Å². The number of aromatic nitrogens is 2. The Bertz CT molecular complexity index is 1100.